The van der Waals surface area contributed by atoms with Gasteiger partial charge in [0.1, 0.15) is 6.54 Å². The summed E-state index contributed by atoms with van der Waals surface area (Å²) in [6, 6.07) is 21.4. The molecule has 0 unspecified atom stereocenters. The standard InChI is InChI=1S/C23H27N3O2S/c27-21(16-26-18-29-17-22(26)28)24-12-7-13-25(15-14-24)23(19-8-3-1-4-9-19)20-10-5-2-6-11-20/h1-6,8-11,23H,7,12-18H2. The highest BCUT2D eigenvalue weighted by Gasteiger charge is 2.29. The number of benzene rings is 2. The summed E-state index contributed by atoms with van der Waals surface area (Å²) >= 11 is 1.58. The van der Waals surface area contributed by atoms with Crippen LogP contribution >= 0.6 is 11.8 Å². The number of carbonyl (C=O) groups excluding carboxylic acids is 2. The summed E-state index contributed by atoms with van der Waals surface area (Å²) in [6.45, 7) is 3.43. The first kappa shape index (κ1) is 20.0. The molecule has 0 N–H and O–H groups in total. The quantitative estimate of drug-likeness (QED) is 0.762. The summed E-state index contributed by atoms with van der Waals surface area (Å²) in [5.74, 6) is 1.28. The van der Waals surface area contributed by atoms with Crippen LogP contribution in [0.3, 0.4) is 0 Å². The molecule has 2 amide bonds. The van der Waals surface area contributed by atoms with E-state index < -0.39 is 0 Å². The maximum Gasteiger partial charge on any atom is 0.242 e. The van der Waals surface area contributed by atoms with Crippen molar-refractivity contribution in [1.29, 1.82) is 0 Å². The van der Waals surface area contributed by atoms with Gasteiger partial charge in [-0.2, -0.15) is 0 Å². The van der Waals surface area contributed by atoms with Gasteiger partial charge in [0.25, 0.3) is 0 Å². The van der Waals surface area contributed by atoms with E-state index in [0.29, 0.717) is 18.2 Å². The highest BCUT2D eigenvalue weighted by atomic mass is 32.2. The lowest BCUT2D eigenvalue weighted by Crippen LogP contribution is -2.43. The molecule has 2 aliphatic rings. The Labute approximate surface area is 176 Å². The molecule has 0 aliphatic carbocycles. The van der Waals surface area contributed by atoms with E-state index in [2.05, 4.69) is 53.4 Å². The fraction of sp³-hybridized carbons (Fsp3) is 0.391. The predicted octanol–water partition coefficient (Wildman–Crippen LogP) is 2.84. The van der Waals surface area contributed by atoms with E-state index in [4.69, 9.17) is 0 Å². The molecule has 0 saturated carbocycles. The van der Waals surface area contributed by atoms with Crippen molar-refractivity contribution < 1.29 is 9.59 Å². The molecule has 2 aliphatic heterocycles. The van der Waals surface area contributed by atoms with E-state index >= 15 is 0 Å². The van der Waals surface area contributed by atoms with Crippen molar-refractivity contribution in [3.05, 3.63) is 71.8 Å². The molecule has 0 spiro atoms. The zero-order chi connectivity index (χ0) is 20.1. The molecule has 2 aromatic carbocycles. The first-order chi connectivity index (χ1) is 14.2. The highest BCUT2D eigenvalue weighted by molar-refractivity contribution is 8.00. The lowest BCUT2D eigenvalue weighted by molar-refractivity contribution is -0.137. The van der Waals surface area contributed by atoms with Crippen molar-refractivity contribution >= 4 is 23.6 Å². The molecule has 5 nitrogen and oxygen atoms in total. The molecule has 0 aromatic heterocycles. The minimum atomic E-state index is 0.0682. The van der Waals surface area contributed by atoms with E-state index in [1.165, 1.54) is 11.1 Å². The second-order valence-electron chi connectivity index (χ2n) is 7.56. The van der Waals surface area contributed by atoms with Gasteiger partial charge in [0.2, 0.25) is 11.8 Å². The minimum absolute atomic E-state index is 0.0682. The van der Waals surface area contributed by atoms with Crippen LogP contribution < -0.4 is 0 Å². The van der Waals surface area contributed by atoms with E-state index in [9.17, 15) is 9.59 Å². The van der Waals surface area contributed by atoms with Crippen molar-refractivity contribution in [2.75, 3.05) is 44.4 Å². The summed E-state index contributed by atoms with van der Waals surface area (Å²) in [4.78, 5) is 30.7. The minimum Gasteiger partial charge on any atom is -0.340 e. The molecule has 2 aromatic rings. The Kier molecular flexibility index (Phi) is 6.52. The van der Waals surface area contributed by atoms with Gasteiger partial charge in [-0.25, -0.2) is 0 Å². The largest absolute Gasteiger partial charge is 0.340 e. The predicted molar refractivity (Wildman–Crippen MR) is 117 cm³/mol. The van der Waals surface area contributed by atoms with Crippen molar-refractivity contribution in [2.45, 2.75) is 12.5 Å². The van der Waals surface area contributed by atoms with Crippen LogP contribution in [0.1, 0.15) is 23.6 Å². The number of nitrogens with zero attached hydrogens (tertiary/aromatic N) is 3. The molecule has 6 heteroatoms. The van der Waals surface area contributed by atoms with Gasteiger partial charge in [0.05, 0.1) is 17.7 Å². The van der Waals surface area contributed by atoms with Crippen LogP contribution in [0.4, 0.5) is 0 Å². The van der Waals surface area contributed by atoms with Gasteiger partial charge in [-0.3, -0.25) is 14.5 Å². The van der Waals surface area contributed by atoms with Crippen LogP contribution in [0.25, 0.3) is 0 Å². The lowest BCUT2D eigenvalue weighted by Gasteiger charge is -2.31. The Balaban J connectivity index is 1.47. The summed E-state index contributed by atoms with van der Waals surface area (Å²) in [5, 5.41) is 0. The number of thioether (sulfide) groups is 1. The summed E-state index contributed by atoms with van der Waals surface area (Å²) in [5.41, 5.74) is 2.55. The van der Waals surface area contributed by atoms with Gasteiger partial charge >= 0.3 is 0 Å². The lowest BCUT2D eigenvalue weighted by atomic mass is 9.97. The molecule has 2 saturated heterocycles. The van der Waals surface area contributed by atoms with E-state index in [1.54, 1.807) is 16.7 Å². The number of hydrogen-bond donors (Lipinski definition) is 0. The fourth-order valence-electron chi connectivity index (χ4n) is 4.13. The first-order valence-corrected chi connectivity index (χ1v) is 11.3. The third-order valence-electron chi connectivity index (χ3n) is 5.63. The highest BCUT2D eigenvalue weighted by Crippen LogP contribution is 2.29. The number of amides is 2. The maximum absolute atomic E-state index is 12.8. The van der Waals surface area contributed by atoms with Crippen molar-refractivity contribution in [2.24, 2.45) is 0 Å². The average molecular weight is 410 g/mol. The van der Waals surface area contributed by atoms with Gasteiger partial charge < -0.3 is 9.80 Å². The van der Waals surface area contributed by atoms with Crippen LogP contribution in [0.5, 0.6) is 0 Å². The van der Waals surface area contributed by atoms with Crippen LogP contribution in [-0.2, 0) is 9.59 Å². The van der Waals surface area contributed by atoms with Crippen LogP contribution in [-0.4, -0.2) is 70.9 Å². The van der Waals surface area contributed by atoms with Crippen molar-refractivity contribution in [3.8, 4) is 0 Å². The Morgan fingerprint density at radius 1 is 0.897 bits per heavy atom. The molecular formula is C23H27N3O2S. The number of carbonyl (C=O) groups is 2. The van der Waals surface area contributed by atoms with E-state index in [0.717, 1.165) is 26.1 Å². The van der Waals surface area contributed by atoms with Crippen molar-refractivity contribution in [1.82, 2.24) is 14.7 Å². The van der Waals surface area contributed by atoms with Crippen molar-refractivity contribution in [3.63, 3.8) is 0 Å². The molecule has 4 rings (SSSR count). The van der Waals surface area contributed by atoms with Gasteiger partial charge in [0, 0.05) is 26.2 Å². The third kappa shape index (κ3) is 4.82. The van der Waals surface area contributed by atoms with Crippen LogP contribution in [0.15, 0.2) is 60.7 Å². The van der Waals surface area contributed by atoms with Gasteiger partial charge in [-0.1, -0.05) is 60.7 Å². The normalized spacial score (nSPS) is 18.3. The zero-order valence-corrected chi connectivity index (χ0v) is 17.4. The Hall–Kier alpha value is -2.31. The first-order valence-electron chi connectivity index (χ1n) is 10.2. The Morgan fingerprint density at radius 3 is 2.14 bits per heavy atom. The Bertz CT molecular complexity index is 791. The molecule has 0 radical (unpaired) electrons. The zero-order valence-electron chi connectivity index (χ0n) is 16.6. The summed E-state index contributed by atoms with van der Waals surface area (Å²) in [7, 11) is 0. The smallest absolute Gasteiger partial charge is 0.242 e. The maximum atomic E-state index is 12.8. The SMILES string of the molecule is O=C(CN1CSCC1=O)N1CCCN(C(c2ccccc2)c2ccccc2)CC1. The molecule has 0 atom stereocenters. The molecule has 2 fully saturated rings. The summed E-state index contributed by atoms with van der Waals surface area (Å²) in [6.07, 6.45) is 0.935. The topological polar surface area (TPSA) is 43.9 Å². The molecule has 2 heterocycles. The molecule has 152 valence electrons. The second-order valence-corrected chi connectivity index (χ2v) is 8.52. The number of hydrogen-bond acceptors (Lipinski definition) is 4. The van der Waals surface area contributed by atoms with Gasteiger partial charge in [0.15, 0.2) is 0 Å². The van der Waals surface area contributed by atoms with Crippen LogP contribution in [0, 0.1) is 0 Å². The monoisotopic (exact) mass is 409 g/mol. The Morgan fingerprint density at radius 2 is 1.55 bits per heavy atom. The molecule has 29 heavy (non-hydrogen) atoms. The second kappa shape index (κ2) is 9.46. The number of rotatable bonds is 5. The molecular weight excluding hydrogens is 382 g/mol. The van der Waals surface area contributed by atoms with Crippen LogP contribution in [0.2, 0.25) is 0 Å². The van der Waals surface area contributed by atoms with E-state index in [-0.39, 0.29) is 24.4 Å². The third-order valence-corrected chi connectivity index (χ3v) is 6.58. The average Bonchev–Trinajstić information content (AvgIpc) is 3.00. The van der Waals surface area contributed by atoms with E-state index in [1.807, 2.05) is 17.0 Å². The summed E-state index contributed by atoms with van der Waals surface area (Å²) < 4.78 is 0. The molecule has 0 bridgehead atoms. The van der Waals surface area contributed by atoms with Gasteiger partial charge in [-0.05, 0) is 17.5 Å². The van der Waals surface area contributed by atoms with Gasteiger partial charge in [-0.15, -0.1) is 11.8 Å². The fourth-order valence-corrected chi connectivity index (χ4v) is 5.04.